The summed E-state index contributed by atoms with van der Waals surface area (Å²) in [6.07, 6.45) is 0. The maximum atomic E-state index is 12.4. The number of H-pyrrole nitrogens is 1. The van der Waals surface area contributed by atoms with E-state index in [1.807, 2.05) is 26.2 Å². The number of hydrogen-bond acceptors (Lipinski definition) is 6. The van der Waals surface area contributed by atoms with Crippen LogP contribution in [0.4, 0.5) is 0 Å². The van der Waals surface area contributed by atoms with Crippen LogP contribution in [-0.4, -0.2) is 30.1 Å². The second-order valence-corrected chi connectivity index (χ2v) is 7.34. The van der Waals surface area contributed by atoms with E-state index < -0.39 is 10.0 Å². The maximum absolute atomic E-state index is 12.4. The first-order valence-corrected chi connectivity index (χ1v) is 8.95. The Bertz CT molecular complexity index is 705. The molecule has 0 saturated heterocycles. The van der Waals surface area contributed by atoms with E-state index in [0.717, 1.165) is 17.2 Å². The van der Waals surface area contributed by atoms with Gasteiger partial charge in [-0.05, 0) is 20.4 Å². The lowest BCUT2D eigenvalue weighted by Gasteiger charge is -2.06. The number of nitrogens with one attached hydrogen (secondary N) is 3. The molecular formula is C12H19N5O2S2. The second-order valence-electron chi connectivity index (χ2n) is 4.60. The molecule has 0 aliphatic rings. The van der Waals surface area contributed by atoms with Gasteiger partial charge in [0.2, 0.25) is 0 Å². The van der Waals surface area contributed by atoms with Crippen molar-refractivity contribution in [2.45, 2.75) is 38.9 Å². The smallest absolute Gasteiger partial charge is 0.260 e. The third-order valence-electron chi connectivity index (χ3n) is 2.95. The van der Waals surface area contributed by atoms with Crippen molar-refractivity contribution in [1.29, 1.82) is 0 Å². The van der Waals surface area contributed by atoms with Gasteiger partial charge in [0, 0.05) is 23.2 Å². The Balaban J connectivity index is 2.15. The fraction of sp³-hybridized carbons (Fsp3) is 0.500. The van der Waals surface area contributed by atoms with Crippen LogP contribution in [0.15, 0.2) is 10.4 Å². The van der Waals surface area contributed by atoms with Crippen LogP contribution in [0.25, 0.3) is 0 Å². The fourth-order valence-electron chi connectivity index (χ4n) is 1.84. The van der Waals surface area contributed by atoms with E-state index in [9.17, 15) is 8.42 Å². The quantitative estimate of drug-likeness (QED) is 0.705. The van der Waals surface area contributed by atoms with Crippen molar-refractivity contribution in [3.05, 3.63) is 27.3 Å². The van der Waals surface area contributed by atoms with Crippen molar-refractivity contribution in [3.8, 4) is 0 Å². The summed E-state index contributed by atoms with van der Waals surface area (Å²) in [6.45, 7) is 7.04. The lowest BCUT2D eigenvalue weighted by atomic mass is 10.2. The van der Waals surface area contributed by atoms with Crippen LogP contribution in [-0.2, 0) is 23.1 Å². The van der Waals surface area contributed by atoms with Crippen LogP contribution in [0.2, 0.25) is 0 Å². The van der Waals surface area contributed by atoms with Gasteiger partial charge in [-0.15, -0.1) is 11.3 Å². The standard InChI is InChI=1S/C12H19N5O2S2/c1-4-13-6-11-8(2)16-17-12(11)21(18,19)14-5-10-7-20-9(3)15-10/h7,13-14H,4-6H2,1-3H3,(H,16,17). The normalized spacial score (nSPS) is 12.0. The number of rotatable bonds is 7. The first-order valence-electron chi connectivity index (χ1n) is 6.59. The molecule has 2 heterocycles. The molecule has 0 spiro atoms. The highest BCUT2D eigenvalue weighted by Gasteiger charge is 2.23. The highest BCUT2D eigenvalue weighted by atomic mass is 32.2. The van der Waals surface area contributed by atoms with Gasteiger partial charge in [0.15, 0.2) is 5.03 Å². The third-order valence-corrected chi connectivity index (χ3v) is 5.15. The Hall–Kier alpha value is -1.29. The van der Waals surface area contributed by atoms with Gasteiger partial charge in [-0.2, -0.15) is 5.10 Å². The van der Waals surface area contributed by atoms with E-state index in [4.69, 9.17) is 0 Å². The van der Waals surface area contributed by atoms with Gasteiger partial charge in [-0.3, -0.25) is 5.10 Å². The molecule has 0 bridgehead atoms. The van der Waals surface area contributed by atoms with Gasteiger partial charge in [0.05, 0.1) is 17.2 Å². The number of aromatic amines is 1. The average molecular weight is 329 g/mol. The van der Waals surface area contributed by atoms with E-state index in [1.54, 1.807) is 0 Å². The summed E-state index contributed by atoms with van der Waals surface area (Å²) in [5, 5.41) is 12.6. The number of hydrogen-bond donors (Lipinski definition) is 3. The minimum Gasteiger partial charge on any atom is -0.313 e. The number of aromatic nitrogens is 3. The summed E-state index contributed by atoms with van der Waals surface area (Å²) in [5.74, 6) is 0. The van der Waals surface area contributed by atoms with Crippen molar-refractivity contribution in [2.24, 2.45) is 0 Å². The van der Waals surface area contributed by atoms with Crippen LogP contribution in [0, 0.1) is 13.8 Å². The van der Waals surface area contributed by atoms with Crippen molar-refractivity contribution in [3.63, 3.8) is 0 Å². The fourth-order valence-corrected chi connectivity index (χ4v) is 3.64. The molecule has 3 N–H and O–H groups in total. The lowest BCUT2D eigenvalue weighted by Crippen LogP contribution is -2.26. The largest absolute Gasteiger partial charge is 0.313 e. The molecule has 0 radical (unpaired) electrons. The Morgan fingerprint density at radius 1 is 1.33 bits per heavy atom. The minimum atomic E-state index is -3.66. The molecule has 0 unspecified atom stereocenters. The summed E-state index contributed by atoms with van der Waals surface area (Å²) in [4.78, 5) is 4.24. The van der Waals surface area contributed by atoms with Gasteiger partial charge >= 0.3 is 0 Å². The molecule has 2 aromatic heterocycles. The Morgan fingerprint density at radius 3 is 2.71 bits per heavy atom. The van der Waals surface area contributed by atoms with Gasteiger partial charge in [-0.25, -0.2) is 18.1 Å². The third kappa shape index (κ3) is 3.88. The average Bonchev–Trinajstić information content (AvgIpc) is 3.01. The molecule has 116 valence electrons. The molecule has 0 fully saturated rings. The molecule has 0 amide bonds. The molecular weight excluding hydrogens is 310 g/mol. The van der Waals surface area contributed by atoms with Crippen LogP contribution < -0.4 is 10.0 Å². The monoisotopic (exact) mass is 329 g/mol. The molecule has 0 aromatic carbocycles. The molecule has 21 heavy (non-hydrogen) atoms. The Kier molecular flexibility index (Phi) is 5.09. The van der Waals surface area contributed by atoms with Crippen LogP contribution >= 0.6 is 11.3 Å². The first-order chi connectivity index (χ1) is 9.94. The minimum absolute atomic E-state index is 0.0490. The molecule has 9 heteroatoms. The van der Waals surface area contributed by atoms with Gasteiger partial charge < -0.3 is 5.32 Å². The SMILES string of the molecule is CCNCc1c(S(=O)(=O)NCc2csc(C)n2)n[nH]c1C. The van der Waals surface area contributed by atoms with Gasteiger partial charge in [0.25, 0.3) is 10.0 Å². The Labute approximate surface area is 128 Å². The molecule has 2 aromatic rings. The Morgan fingerprint density at radius 2 is 2.10 bits per heavy atom. The van der Waals surface area contributed by atoms with E-state index in [0.29, 0.717) is 17.8 Å². The van der Waals surface area contributed by atoms with Crippen LogP contribution in [0.3, 0.4) is 0 Å². The molecule has 2 rings (SSSR count). The van der Waals surface area contributed by atoms with Crippen molar-refractivity contribution >= 4 is 21.4 Å². The second kappa shape index (κ2) is 6.65. The summed E-state index contributed by atoms with van der Waals surface area (Å²) in [5.41, 5.74) is 2.13. The first kappa shape index (κ1) is 16.1. The highest BCUT2D eigenvalue weighted by molar-refractivity contribution is 7.89. The predicted molar refractivity (Wildman–Crippen MR) is 81.6 cm³/mol. The van der Waals surface area contributed by atoms with E-state index in [1.165, 1.54) is 11.3 Å². The molecule has 0 atom stereocenters. The zero-order valence-corrected chi connectivity index (χ0v) is 13.9. The van der Waals surface area contributed by atoms with Gasteiger partial charge in [-0.1, -0.05) is 6.92 Å². The number of thiazole rings is 1. The predicted octanol–water partition coefficient (Wildman–Crippen LogP) is 1.07. The summed E-state index contributed by atoms with van der Waals surface area (Å²) in [7, 11) is -3.66. The number of sulfonamides is 1. The molecule has 0 saturated carbocycles. The highest BCUT2D eigenvalue weighted by Crippen LogP contribution is 2.16. The topological polar surface area (TPSA) is 99.8 Å². The van der Waals surface area contributed by atoms with Crippen molar-refractivity contribution in [2.75, 3.05) is 6.54 Å². The lowest BCUT2D eigenvalue weighted by molar-refractivity contribution is 0.573. The van der Waals surface area contributed by atoms with E-state index in [-0.39, 0.29) is 11.6 Å². The van der Waals surface area contributed by atoms with E-state index in [2.05, 4.69) is 25.2 Å². The number of aryl methyl sites for hydroxylation is 2. The molecule has 7 nitrogen and oxygen atoms in total. The molecule has 0 aliphatic carbocycles. The maximum Gasteiger partial charge on any atom is 0.260 e. The number of nitrogens with zero attached hydrogens (tertiary/aromatic N) is 2. The summed E-state index contributed by atoms with van der Waals surface area (Å²) < 4.78 is 27.3. The molecule has 0 aliphatic heterocycles. The van der Waals surface area contributed by atoms with Crippen LogP contribution in [0.1, 0.15) is 28.9 Å². The summed E-state index contributed by atoms with van der Waals surface area (Å²) >= 11 is 1.49. The summed E-state index contributed by atoms with van der Waals surface area (Å²) in [6, 6.07) is 0. The zero-order valence-electron chi connectivity index (χ0n) is 12.2. The van der Waals surface area contributed by atoms with Crippen molar-refractivity contribution < 1.29 is 8.42 Å². The van der Waals surface area contributed by atoms with Gasteiger partial charge in [0.1, 0.15) is 0 Å². The zero-order chi connectivity index (χ0) is 15.5. The van der Waals surface area contributed by atoms with Crippen molar-refractivity contribution in [1.82, 2.24) is 25.2 Å². The van der Waals surface area contributed by atoms with E-state index >= 15 is 0 Å². The van der Waals surface area contributed by atoms with Crippen LogP contribution in [0.5, 0.6) is 0 Å².